The molecule has 0 radical (unpaired) electrons. The van der Waals surface area contributed by atoms with E-state index in [1.165, 1.54) is 12.8 Å². The summed E-state index contributed by atoms with van der Waals surface area (Å²) in [5.41, 5.74) is -0.233. The summed E-state index contributed by atoms with van der Waals surface area (Å²) in [5, 5.41) is 0. The lowest BCUT2D eigenvalue weighted by atomic mass is 9.63. The summed E-state index contributed by atoms with van der Waals surface area (Å²) in [4.78, 5) is 14.4. The first-order valence-corrected chi connectivity index (χ1v) is 10.7. The van der Waals surface area contributed by atoms with Gasteiger partial charge in [0.25, 0.3) is 0 Å². The fourth-order valence-electron chi connectivity index (χ4n) is 4.97. The summed E-state index contributed by atoms with van der Waals surface area (Å²) in [6.07, 6.45) is 3.16. The SMILES string of the molecule is CC1CCC23CCN(C(=O)OC(C)(C)C)CC2N([S@](=O)C(C)(C)C)[C@H]13. The van der Waals surface area contributed by atoms with Crippen molar-refractivity contribution in [3.8, 4) is 0 Å². The van der Waals surface area contributed by atoms with Crippen LogP contribution in [0.25, 0.3) is 0 Å². The van der Waals surface area contributed by atoms with Crippen LogP contribution in [-0.4, -0.2) is 55.0 Å². The third-order valence-electron chi connectivity index (χ3n) is 6.05. The number of hydrogen-bond donors (Lipinski definition) is 0. The van der Waals surface area contributed by atoms with Crippen molar-refractivity contribution >= 4 is 17.1 Å². The predicted molar refractivity (Wildman–Crippen MR) is 101 cm³/mol. The first kappa shape index (κ1) is 19.2. The standard InChI is InChI=1S/C19H34N2O3S/c1-13-8-9-19-10-11-20(16(22)24-17(2,3)4)12-14(19)21(15(13)19)25(23)18(5,6)7/h13-15H,8-12H2,1-7H3/t13?,14?,15-,19?,25-/m1/s1. The van der Waals surface area contributed by atoms with Crippen LogP contribution in [0.1, 0.15) is 67.7 Å². The molecule has 0 aromatic heterocycles. The summed E-state index contributed by atoms with van der Waals surface area (Å²) >= 11 is 0. The topological polar surface area (TPSA) is 49.9 Å². The minimum absolute atomic E-state index is 0.198. The molecule has 2 aliphatic heterocycles. The Kier molecular flexibility index (Phi) is 4.55. The van der Waals surface area contributed by atoms with Crippen LogP contribution in [0.15, 0.2) is 0 Å². The highest BCUT2D eigenvalue weighted by Gasteiger charge is 2.68. The van der Waals surface area contributed by atoms with E-state index in [0.717, 1.165) is 13.0 Å². The number of likely N-dealkylation sites (tertiary alicyclic amines) is 1. The average Bonchev–Trinajstić information content (AvgIpc) is 2.68. The van der Waals surface area contributed by atoms with Crippen molar-refractivity contribution in [3.05, 3.63) is 0 Å². The Morgan fingerprint density at radius 3 is 2.36 bits per heavy atom. The highest BCUT2D eigenvalue weighted by Crippen LogP contribution is 2.61. The van der Waals surface area contributed by atoms with Crippen molar-refractivity contribution in [1.82, 2.24) is 9.21 Å². The first-order chi connectivity index (χ1) is 11.4. The molecule has 3 rings (SSSR count). The van der Waals surface area contributed by atoms with Crippen LogP contribution in [0.5, 0.6) is 0 Å². The van der Waals surface area contributed by atoms with Gasteiger partial charge in [-0.3, -0.25) is 0 Å². The van der Waals surface area contributed by atoms with E-state index in [0.29, 0.717) is 18.5 Å². The van der Waals surface area contributed by atoms with Crippen LogP contribution < -0.4 is 0 Å². The maximum Gasteiger partial charge on any atom is 0.410 e. The molecule has 3 unspecified atom stereocenters. The van der Waals surface area contributed by atoms with E-state index in [4.69, 9.17) is 4.74 Å². The van der Waals surface area contributed by atoms with Gasteiger partial charge in [-0.15, -0.1) is 0 Å². The molecule has 144 valence electrons. The lowest BCUT2D eigenvalue weighted by molar-refractivity contribution is -0.116. The molecule has 2 saturated heterocycles. The van der Waals surface area contributed by atoms with Gasteiger partial charge in [0, 0.05) is 30.6 Å². The van der Waals surface area contributed by atoms with Gasteiger partial charge in [-0.1, -0.05) is 6.92 Å². The molecule has 6 heteroatoms. The van der Waals surface area contributed by atoms with Crippen molar-refractivity contribution in [1.29, 1.82) is 0 Å². The monoisotopic (exact) mass is 370 g/mol. The number of carbonyl (C=O) groups is 1. The van der Waals surface area contributed by atoms with Gasteiger partial charge in [-0.2, -0.15) is 0 Å². The average molecular weight is 371 g/mol. The molecule has 5 atom stereocenters. The van der Waals surface area contributed by atoms with Crippen molar-refractivity contribution in [2.75, 3.05) is 13.1 Å². The van der Waals surface area contributed by atoms with Crippen LogP contribution in [0, 0.1) is 11.3 Å². The van der Waals surface area contributed by atoms with Gasteiger partial charge in [0.05, 0.1) is 4.75 Å². The molecule has 1 spiro atoms. The smallest absolute Gasteiger partial charge is 0.410 e. The second-order valence-corrected chi connectivity index (χ2v) is 12.3. The number of rotatable bonds is 1. The summed E-state index contributed by atoms with van der Waals surface area (Å²) in [5.74, 6) is 0.579. The van der Waals surface area contributed by atoms with Crippen molar-refractivity contribution < 1.29 is 13.7 Å². The van der Waals surface area contributed by atoms with Gasteiger partial charge in [0.2, 0.25) is 0 Å². The van der Waals surface area contributed by atoms with Crippen molar-refractivity contribution in [3.63, 3.8) is 0 Å². The summed E-state index contributed by atoms with van der Waals surface area (Å²) < 4.78 is 20.7. The Morgan fingerprint density at radius 1 is 1.16 bits per heavy atom. The van der Waals surface area contributed by atoms with E-state index in [1.807, 2.05) is 46.4 Å². The maximum atomic E-state index is 13.2. The molecule has 1 aliphatic carbocycles. The fraction of sp³-hybridized carbons (Fsp3) is 0.947. The number of carbonyl (C=O) groups excluding carboxylic acids is 1. The lowest BCUT2D eigenvalue weighted by Gasteiger charge is -2.65. The van der Waals surface area contributed by atoms with E-state index in [9.17, 15) is 9.00 Å². The van der Waals surface area contributed by atoms with Crippen LogP contribution in [-0.2, 0) is 15.7 Å². The van der Waals surface area contributed by atoms with Crippen LogP contribution in [0.3, 0.4) is 0 Å². The Bertz CT molecular complexity index is 580. The Hall–Kier alpha value is -0.620. The van der Waals surface area contributed by atoms with E-state index in [-0.39, 0.29) is 22.3 Å². The zero-order valence-electron chi connectivity index (χ0n) is 16.8. The maximum absolute atomic E-state index is 13.2. The molecular weight excluding hydrogens is 336 g/mol. The van der Waals surface area contributed by atoms with Crippen molar-refractivity contribution in [2.45, 2.75) is 90.2 Å². The highest BCUT2D eigenvalue weighted by molar-refractivity contribution is 7.84. The Balaban J connectivity index is 1.81. The van der Waals surface area contributed by atoms with Crippen LogP contribution >= 0.6 is 0 Å². The van der Waals surface area contributed by atoms with Gasteiger partial charge in [0.1, 0.15) is 16.6 Å². The molecule has 3 fully saturated rings. The van der Waals surface area contributed by atoms with Crippen LogP contribution in [0.4, 0.5) is 4.79 Å². The summed E-state index contributed by atoms with van der Waals surface area (Å²) in [7, 11) is -1.04. The Labute approximate surface area is 155 Å². The molecule has 0 N–H and O–H groups in total. The van der Waals surface area contributed by atoms with Gasteiger partial charge in [-0.05, 0) is 66.7 Å². The normalized spacial score (nSPS) is 37.1. The fourth-order valence-corrected chi connectivity index (χ4v) is 6.74. The zero-order valence-corrected chi connectivity index (χ0v) is 17.6. The molecule has 25 heavy (non-hydrogen) atoms. The van der Waals surface area contributed by atoms with E-state index >= 15 is 0 Å². The molecule has 2 heterocycles. The molecule has 0 aromatic carbocycles. The molecule has 3 aliphatic rings. The minimum atomic E-state index is -1.04. The molecular formula is C19H34N2O3S. The highest BCUT2D eigenvalue weighted by atomic mass is 32.2. The number of piperidine rings is 1. The van der Waals surface area contributed by atoms with Gasteiger partial charge < -0.3 is 9.64 Å². The number of amides is 1. The summed E-state index contributed by atoms with van der Waals surface area (Å²) in [6, 6.07) is 0.599. The molecule has 0 aromatic rings. The minimum Gasteiger partial charge on any atom is -0.444 e. The predicted octanol–water partition coefficient (Wildman–Crippen LogP) is 3.56. The third-order valence-corrected chi connectivity index (χ3v) is 7.96. The third kappa shape index (κ3) is 3.14. The van der Waals surface area contributed by atoms with E-state index in [2.05, 4.69) is 11.2 Å². The van der Waals surface area contributed by atoms with E-state index < -0.39 is 16.6 Å². The van der Waals surface area contributed by atoms with Crippen LogP contribution in [0.2, 0.25) is 0 Å². The van der Waals surface area contributed by atoms with Gasteiger partial charge in [-0.25, -0.2) is 13.3 Å². The zero-order chi connectivity index (χ0) is 18.8. The first-order valence-electron chi connectivity index (χ1n) is 9.55. The van der Waals surface area contributed by atoms with Gasteiger partial charge >= 0.3 is 6.09 Å². The largest absolute Gasteiger partial charge is 0.444 e. The second-order valence-electron chi connectivity index (χ2n) is 10.1. The van der Waals surface area contributed by atoms with Gasteiger partial charge in [0.15, 0.2) is 0 Å². The second kappa shape index (κ2) is 5.95. The molecule has 1 saturated carbocycles. The Morgan fingerprint density at radius 2 is 1.80 bits per heavy atom. The number of nitrogens with zero attached hydrogens (tertiary/aromatic N) is 2. The van der Waals surface area contributed by atoms with E-state index in [1.54, 1.807) is 0 Å². The molecule has 5 nitrogen and oxygen atoms in total. The number of ether oxygens (including phenoxy) is 1. The molecule has 1 amide bonds. The van der Waals surface area contributed by atoms with Crippen molar-refractivity contribution in [2.24, 2.45) is 11.3 Å². The summed E-state index contributed by atoms with van der Waals surface area (Å²) in [6.45, 7) is 15.5. The lowest BCUT2D eigenvalue weighted by Crippen LogP contribution is -2.77. The molecule has 0 bridgehead atoms. The number of hydrogen-bond acceptors (Lipinski definition) is 3. The quantitative estimate of drug-likeness (QED) is 0.709.